The second kappa shape index (κ2) is 8.61. The lowest BCUT2D eigenvalue weighted by Gasteiger charge is -2.35. The number of aryl methyl sites for hydroxylation is 1. The van der Waals surface area contributed by atoms with E-state index < -0.39 is 0 Å². The molecule has 4 rings (SSSR count). The molecule has 0 amide bonds. The minimum Gasteiger partial charge on any atom is -0.439 e. The molecule has 156 valence electrons. The number of piperazine rings is 1. The molecule has 0 bridgehead atoms. The van der Waals surface area contributed by atoms with E-state index in [0.29, 0.717) is 23.5 Å². The summed E-state index contributed by atoms with van der Waals surface area (Å²) in [5.41, 5.74) is 0.986. The number of benzene rings is 1. The van der Waals surface area contributed by atoms with E-state index in [1.54, 1.807) is 24.4 Å². The van der Waals surface area contributed by atoms with Gasteiger partial charge >= 0.3 is 0 Å². The predicted molar refractivity (Wildman–Crippen MR) is 114 cm³/mol. The fourth-order valence-corrected chi connectivity index (χ4v) is 3.30. The molecular formula is C22H25FN6O. The standard InChI is InChI=1S/C22H25FN6O/c1-15(2)21-25-16(3)14-19(26-21)28-10-12-29(13-11-28)22-24-9-8-20(27-22)30-18-6-4-17(23)5-7-18/h4-9,14-15H,10-13H2,1-3H3. The number of halogens is 1. The molecule has 0 unspecified atom stereocenters. The lowest BCUT2D eigenvalue weighted by atomic mass is 10.2. The van der Waals surface area contributed by atoms with Gasteiger partial charge in [-0.1, -0.05) is 13.8 Å². The van der Waals surface area contributed by atoms with Crippen LogP contribution in [0.2, 0.25) is 0 Å². The molecule has 7 nitrogen and oxygen atoms in total. The van der Waals surface area contributed by atoms with Crippen LogP contribution in [-0.4, -0.2) is 46.1 Å². The Morgan fingerprint density at radius 1 is 0.933 bits per heavy atom. The summed E-state index contributed by atoms with van der Waals surface area (Å²) in [7, 11) is 0. The van der Waals surface area contributed by atoms with E-state index in [2.05, 4.69) is 38.6 Å². The van der Waals surface area contributed by atoms with E-state index in [0.717, 1.165) is 43.5 Å². The summed E-state index contributed by atoms with van der Waals surface area (Å²) >= 11 is 0. The molecule has 0 N–H and O–H groups in total. The van der Waals surface area contributed by atoms with Crippen LogP contribution in [0.15, 0.2) is 42.6 Å². The first-order valence-corrected chi connectivity index (χ1v) is 10.1. The average Bonchev–Trinajstić information content (AvgIpc) is 2.75. The second-order valence-corrected chi connectivity index (χ2v) is 7.61. The quantitative estimate of drug-likeness (QED) is 0.633. The van der Waals surface area contributed by atoms with Gasteiger partial charge in [0, 0.05) is 56.1 Å². The van der Waals surface area contributed by atoms with Crippen molar-refractivity contribution in [2.24, 2.45) is 0 Å². The van der Waals surface area contributed by atoms with Crippen molar-refractivity contribution in [2.45, 2.75) is 26.7 Å². The molecule has 0 saturated carbocycles. The number of rotatable bonds is 5. The molecule has 0 aliphatic carbocycles. The smallest absolute Gasteiger partial charge is 0.228 e. The first kappa shape index (κ1) is 20.0. The molecule has 30 heavy (non-hydrogen) atoms. The van der Waals surface area contributed by atoms with Gasteiger partial charge in [0.1, 0.15) is 23.2 Å². The Hall–Kier alpha value is -3.29. The third kappa shape index (κ3) is 4.64. The molecule has 0 radical (unpaired) electrons. The Morgan fingerprint density at radius 2 is 1.63 bits per heavy atom. The number of ether oxygens (including phenoxy) is 1. The number of hydrogen-bond acceptors (Lipinski definition) is 7. The summed E-state index contributed by atoms with van der Waals surface area (Å²) < 4.78 is 18.8. The maximum atomic E-state index is 13.1. The fraction of sp³-hybridized carbons (Fsp3) is 0.364. The Bertz CT molecular complexity index is 1000. The average molecular weight is 408 g/mol. The van der Waals surface area contributed by atoms with Gasteiger partial charge in [0.25, 0.3) is 0 Å². The highest BCUT2D eigenvalue weighted by molar-refractivity contribution is 5.44. The van der Waals surface area contributed by atoms with E-state index >= 15 is 0 Å². The minimum atomic E-state index is -0.303. The van der Waals surface area contributed by atoms with Gasteiger partial charge in [0.2, 0.25) is 11.8 Å². The summed E-state index contributed by atoms with van der Waals surface area (Å²) in [5, 5.41) is 0. The molecule has 0 spiro atoms. The topological polar surface area (TPSA) is 67.3 Å². The van der Waals surface area contributed by atoms with Gasteiger partial charge in [-0.15, -0.1) is 0 Å². The number of nitrogens with zero attached hydrogens (tertiary/aromatic N) is 6. The first-order chi connectivity index (χ1) is 14.5. The van der Waals surface area contributed by atoms with E-state index in [1.807, 2.05) is 13.0 Å². The van der Waals surface area contributed by atoms with Gasteiger partial charge in [-0.3, -0.25) is 0 Å². The fourth-order valence-electron chi connectivity index (χ4n) is 3.30. The predicted octanol–water partition coefficient (Wildman–Crippen LogP) is 3.96. The van der Waals surface area contributed by atoms with Gasteiger partial charge in [0.05, 0.1) is 0 Å². The molecule has 1 aliphatic heterocycles. The molecule has 1 saturated heterocycles. The third-order valence-electron chi connectivity index (χ3n) is 4.91. The monoisotopic (exact) mass is 408 g/mol. The zero-order valence-electron chi connectivity index (χ0n) is 17.4. The van der Waals surface area contributed by atoms with Gasteiger partial charge in [-0.2, -0.15) is 4.98 Å². The highest BCUT2D eigenvalue weighted by Crippen LogP contribution is 2.23. The minimum absolute atomic E-state index is 0.294. The van der Waals surface area contributed by atoms with Gasteiger partial charge in [0.15, 0.2) is 0 Å². The molecule has 0 atom stereocenters. The van der Waals surface area contributed by atoms with E-state index in [-0.39, 0.29) is 5.82 Å². The number of hydrogen-bond donors (Lipinski definition) is 0. The van der Waals surface area contributed by atoms with Crippen LogP contribution in [0.1, 0.15) is 31.3 Å². The normalized spacial score (nSPS) is 14.3. The number of aromatic nitrogens is 4. The van der Waals surface area contributed by atoms with Crippen LogP contribution < -0.4 is 14.5 Å². The molecule has 1 aromatic carbocycles. The van der Waals surface area contributed by atoms with Crippen molar-refractivity contribution in [1.82, 2.24) is 19.9 Å². The van der Waals surface area contributed by atoms with Crippen LogP contribution in [0.5, 0.6) is 11.6 Å². The summed E-state index contributed by atoms with van der Waals surface area (Å²) in [6.45, 7) is 9.42. The lowest BCUT2D eigenvalue weighted by molar-refractivity contribution is 0.458. The van der Waals surface area contributed by atoms with E-state index in [4.69, 9.17) is 9.72 Å². The van der Waals surface area contributed by atoms with Crippen LogP contribution in [0.25, 0.3) is 0 Å². The second-order valence-electron chi connectivity index (χ2n) is 7.61. The van der Waals surface area contributed by atoms with Crippen molar-refractivity contribution < 1.29 is 9.13 Å². The van der Waals surface area contributed by atoms with Crippen molar-refractivity contribution in [3.8, 4) is 11.6 Å². The Kier molecular flexibility index (Phi) is 5.74. The Morgan fingerprint density at radius 3 is 2.33 bits per heavy atom. The summed E-state index contributed by atoms with van der Waals surface area (Å²) in [6, 6.07) is 9.60. The molecule has 3 aromatic rings. The highest BCUT2D eigenvalue weighted by Gasteiger charge is 2.21. The molecule has 3 heterocycles. The molecular weight excluding hydrogens is 383 g/mol. The third-order valence-corrected chi connectivity index (χ3v) is 4.91. The molecule has 1 fully saturated rings. The van der Waals surface area contributed by atoms with Crippen LogP contribution >= 0.6 is 0 Å². The maximum absolute atomic E-state index is 13.1. The van der Waals surface area contributed by atoms with Crippen LogP contribution in [0.4, 0.5) is 16.2 Å². The lowest BCUT2D eigenvalue weighted by Crippen LogP contribution is -2.47. The van der Waals surface area contributed by atoms with Crippen LogP contribution in [-0.2, 0) is 0 Å². The van der Waals surface area contributed by atoms with Gasteiger partial charge < -0.3 is 14.5 Å². The van der Waals surface area contributed by atoms with Crippen molar-refractivity contribution in [1.29, 1.82) is 0 Å². The van der Waals surface area contributed by atoms with Crippen molar-refractivity contribution in [3.63, 3.8) is 0 Å². The Labute approximate surface area is 175 Å². The SMILES string of the molecule is Cc1cc(N2CCN(c3nccc(Oc4ccc(F)cc4)n3)CC2)nc(C(C)C)n1. The first-order valence-electron chi connectivity index (χ1n) is 10.1. The molecule has 8 heteroatoms. The summed E-state index contributed by atoms with van der Waals surface area (Å²) in [6.07, 6.45) is 1.68. The number of anilines is 2. The molecule has 1 aliphatic rings. The van der Waals surface area contributed by atoms with Crippen molar-refractivity contribution >= 4 is 11.8 Å². The summed E-state index contributed by atoms with van der Waals surface area (Å²) in [5.74, 6) is 3.43. The largest absolute Gasteiger partial charge is 0.439 e. The van der Waals surface area contributed by atoms with E-state index in [1.165, 1.54) is 12.1 Å². The zero-order valence-corrected chi connectivity index (χ0v) is 17.4. The van der Waals surface area contributed by atoms with Crippen molar-refractivity contribution in [2.75, 3.05) is 36.0 Å². The Balaban J connectivity index is 1.42. The zero-order chi connectivity index (χ0) is 21.1. The van der Waals surface area contributed by atoms with Crippen LogP contribution in [0, 0.1) is 12.7 Å². The van der Waals surface area contributed by atoms with Gasteiger partial charge in [-0.05, 0) is 31.2 Å². The highest BCUT2D eigenvalue weighted by atomic mass is 19.1. The molecule has 2 aromatic heterocycles. The maximum Gasteiger partial charge on any atom is 0.228 e. The van der Waals surface area contributed by atoms with E-state index in [9.17, 15) is 4.39 Å². The van der Waals surface area contributed by atoms with Gasteiger partial charge in [-0.25, -0.2) is 19.3 Å². The summed E-state index contributed by atoms with van der Waals surface area (Å²) in [4.78, 5) is 22.6. The van der Waals surface area contributed by atoms with Crippen LogP contribution in [0.3, 0.4) is 0 Å². The van der Waals surface area contributed by atoms with Crippen molar-refractivity contribution in [3.05, 3.63) is 59.9 Å².